The third-order valence-corrected chi connectivity index (χ3v) is 6.75. The predicted octanol–water partition coefficient (Wildman–Crippen LogP) is 4.47. The molecule has 0 aliphatic carbocycles. The summed E-state index contributed by atoms with van der Waals surface area (Å²) in [5, 5.41) is 0. The van der Waals surface area contributed by atoms with Crippen LogP contribution in [-0.2, 0) is 4.79 Å². The first-order chi connectivity index (χ1) is 17.2. The molecule has 0 saturated carbocycles. The predicted molar refractivity (Wildman–Crippen MR) is 134 cm³/mol. The fraction of sp³-hybridized carbons (Fsp3) is 0.214. The summed E-state index contributed by atoms with van der Waals surface area (Å²) in [6.07, 6.45) is 3.76. The van der Waals surface area contributed by atoms with Gasteiger partial charge in [0.25, 0.3) is 0 Å². The SMILES string of the molecule is COc1cccc(-n2ccnc2N2CCN(C(=O)C3c4ccccc4Oc4ccccc43)CC2)c1. The summed E-state index contributed by atoms with van der Waals surface area (Å²) in [5.74, 6) is 2.93. The number of ether oxygens (including phenoxy) is 2. The van der Waals surface area contributed by atoms with Crippen molar-refractivity contribution in [3.8, 4) is 22.9 Å². The average molecular weight is 467 g/mol. The molecule has 6 rings (SSSR count). The van der Waals surface area contributed by atoms with Gasteiger partial charge >= 0.3 is 0 Å². The van der Waals surface area contributed by atoms with Crippen LogP contribution in [0.4, 0.5) is 5.95 Å². The lowest BCUT2D eigenvalue weighted by Crippen LogP contribution is -2.51. The second kappa shape index (κ2) is 8.83. The Bertz CT molecular complexity index is 1330. The maximum atomic E-state index is 13.8. The second-order valence-electron chi connectivity index (χ2n) is 8.72. The summed E-state index contributed by atoms with van der Waals surface area (Å²) >= 11 is 0. The van der Waals surface area contributed by atoms with Crippen LogP contribution in [0.5, 0.6) is 17.2 Å². The van der Waals surface area contributed by atoms with Crippen molar-refractivity contribution in [2.24, 2.45) is 0 Å². The molecule has 1 aromatic heterocycles. The van der Waals surface area contributed by atoms with E-state index in [2.05, 4.69) is 14.5 Å². The van der Waals surface area contributed by atoms with Gasteiger partial charge in [-0.2, -0.15) is 0 Å². The van der Waals surface area contributed by atoms with Gasteiger partial charge in [0.15, 0.2) is 0 Å². The number of anilines is 1. The van der Waals surface area contributed by atoms with Crippen LogP contribution in [0, 0.1) is 0 Å². The molecule has 0 bridgehead atoms. The molecule has 0 radical (unpaired) electrons. The molecule has 1 amide bonds. The highest BCUT2D eigenvalue weighted by Crippen LogP contribution is 2.44. The number of amides is 1. The van der Waals surface area contributed by atoms with Crippen LogP contribution in [0.1, 0.15) is 17.0 Å². The van der Waals surface area contributed by atoms with Gasteiger partial charge in [0, 0.05) is 55.8 Å². The van der Waals surface area contributed by atoms with Gasteiger partial charge < -0.3 is 19.3 Å². The van der Waals surface area contributed by atoms with E-state index in [9.17, 15) is 4.79 Å². The second-order valence-corrected chi connectivity index (χ2v) is 8.72. The molecule has 0 unspecified atom stereocenters. The van der Waals surface area contributed by atoms with Crippen LogP contribution >= 0.6 is 0 Å². The van der Waals surface area contributed by atoms with Gasteiger partial charge in [0.05, 0.1) is 18.7 Å². The number of rotatable bonds is 4. The molecule has 35 heavy (non-hydrogen) atoms. The Morgan fingerprint density at radius 3 is 2.29 bits per heavy atom. The topological polar surface area (TPSA) is 59.8 Å². The molecule has 4 aromatic rings. The zero-order valence-electron chi connectivity index (χ0n) is 19.5. The number of para-hydroxylation sites is 2. The summed E-state index contributed by atoms with van der Waals surface area (Å²) in [6, 6.07) is 23.6. The van der Waals surface area contributed by atoms with Crippen molar-refractivity contribution in [3.63, 3.8) is 0 Å². The summed E-state index contributed by atoms with van der Waals surface area (Å²) in [4.78, 5) is 22.7. The van der Waals surface area contributed by atoms with E-state index in [0.29, 0.717) is 26.2 Å². The van der Waals surface area contributed by atoms with Crippen LogP contribution in [0.2, 0.25) is 0 Å². The number of aromatic nitrogens is 2. The molecule has 2 aliphatic rings. The third-order valence-electron chi connectivity index (χ3n) is 6.75. The Morgan fingerprint density at radius 1 is 0.914 bits per heavy atom. The Balaban J connectivity index is 1.22. The highest BCUT2D eigenvalue weighted by Gasteiger charge is 2.36. The number of nitrogens with zero attached hydrogens (tertiary/aromatic N) is 4. The number of benzene rings is 3. The molecule has 3 aromatic carbocycles. The largest absolute Gasteiger partial charge is 0.497 e. The summed E-state index contributed by atoms with van der Waals surface area (Å²) < 4.78 is 13.5. The number of carbonyl (C=O) groups is 1. The van der Waals surface area contributed by atoms with Gasteiger partial charge in [0.1, 0.15) is 17.2 Å². The van der Waals surface area contributed by atoms with Crippen molar-refractivity contribution in [1.29, 1.82) is 0 Å². The van der Waals surface area contributed by atoms with Gasteiger partial charge in [-0.3, -0.25) is 9.36 Å². The number of fused-ring (bicyclic) bond motifs is 2. The van der Waals surface area contributed by atoms with Crippen molar-refractivity contribution in [3.05, 3.63) is 96.3 Å². The Kier molecular flexibility index (Phi) is 5.37. The van der Waals surface area contributed by atoms with Crippen LogP contribution in [0.25, 0.3) is 5.69 Å². The number of methoxy groups -OCH3 is 1. The van der Waals surface area contributed by atoms with Gasteiger partial charge in [-0.25, -0.2) is 4.98 Å². The molecule has 0 atom stereocenters. The molecular weight excluding hydrogens is 440 g/mol. The molecule has 2 aliphatic heterocycles. The van der Waals surface area contributed by atoms with E-state index in [1.54, 1.807) is 7.11 Å². The molecular formula is C28H26N4O3. The monoisotopic (exact) mass is 466 g/mol. The van der Waals surface area contributed by atoms with Crippen LogP contribution in [0.3, 0.4) is 0 Å². The van der Waals surface area contributed by atoms with Gasteiger partial charge in [0.2, 0.25) is 11.9 Å². The molecule has 0 N–H and O–H groups in total. The van der Waals surface area contributed by atoms with Gasteiger partial charge in [-0.15, -0.1) is 0 Å². The highest BCUT2D eigenvalue weighted by atomic mass is 16.5. The van der Waals surface area contributed by atoms with Gasteiger partial charge in [-0.1, -0.05) is 42.5 Å². The van der Waals surface area contributed by atoms with Crippen molar-refractivity contribution in [1.82, 2.24) is 14.5 Å². The van der Waals surface area contributed by atoms with E-state index in [-0.39, 0.29) is 11.8 Å². The van der Waals surface area contributed by atoms with Gasteiger partial charge in [-0.05, 0) is 24.3 Å². The van der Waals surface area contributed by atoms with Crippen LogP contribution < -0.4 is 14.4 Å². The van der Waals surface area contributed by atoms with E-state index < -0.39 is 0 Å². The smallest absolute Gasteiger partial charge is 0.234 e. The average Bonchev–Trinajstić information content (AvgIpc) is 3.41. The quantitative estimate of drug-likeness (QED) is 0.444. The van der Waals surface area contributed by atoms with Crippen LogP contribution in [-0.4, -0.2) is 53.6 Å². The molecule has 7 nitrogen and oxygen atoms in total. The van der Waals surface area contributed by atoms with E-state index >= 15 is 0 Å². The van der Waals surface area contributed by atoms with Crippen molar-refractivity contribution >= 4 is 11.9 Å². The first-order valence-electron chi connectivity index (χ1n) is 11.8. The molecule has 176 valence electrons. The lowest BCUT2D eigenvalue weighted by Gasteiger charge is -2.38. The Morgan fingerprint density at radius 2 is 1.60 bits per heavy atom. The fourth-order valence-electron chi connectivity index (χ4n) is 4.98. The molecule has 7 heteroatoms. The minimum absolute atomic E-state index is 0.115. The zero-order chi connectivity index (χ0) is 23.8. The Labute approximate surface area is 204 Å². The van der Waals surface area contributed by atoms with E-state index in [1.807, 2.05) is 90.1 Å². The van der Waals surface area contributed by atoms with E-state index in [0.717, 1.165) is 40.0 Å². The normalized spacial score (nSPS) is 15.2. The minimum Gasteiger partial charge on any atom is -0.497 e. The lowest BCUT2D eigenvalue weighted by atomic mass is 9.86. The molecule has 0 spiro atoms. The number of hydrogen-bond acceptors (Lipinski definition) is 5. The molecule has 1 saturated heterocycles. The number of carbonyl (C=O) groups excluding carboxylic acids is 1. The maximum absolute atomic E-state index is 13.8. The van der Waals surface area contributed by atoms with E-state index in [4.69, 9.17) is 9.47 Å². The maximum Gasteiger partial charge on any atom is 0.234 e. The zero-order valence-corrected chi connectivity index (χ0v) is 19.5. The Hall–Kier alpha value is -4.26. The van der Waals surface area contributed by atoms with Crippen molar-refractivity contribution in [2.45, 2.75) is 5.92 Å². The summed E-state index contributed by atoms with van der Waals surface area (Å²) in [6.45, 7) is 2.68. The number of hydrogen-bond donors (Lipinski definition) is 0. The first-order valence-corrected chi connectivity index (χ1v) is 11.8. The first kappa shape index (κ1) is 21.3. The highest BCUT2D eigenvalue weighted by molar-refractivity contribution is 5.90. The van der Waals surface area contributed by atoms with Crippen LogP contribution in [0.15, 0.2) is 85.2 Å². The molecule has 3 heterocycles. The third kappa shape index (κ3) is 3.79. The standard InChI is InChI=1S/C28H26N4O3/c1-34-21-8-6-7-20(19-21)32-14-13-29-28(32)31-17-15-30(16-18-31)27(33)26-22-9-2-4-11-24(22)35-25-12-5-3-10-23(25)26/h2-14,19,26H,15-18H2,1H3. The van der Waals surface area contributed by atoms with E-state index in [1.165, 1.54) is 0 Å². The summed E-state index contributed by atoms with van der Waals surface area (Å²) in [5.41, 5.74) is 2.84. The fourth-order valence-corrected chi connectivity index (χ4v) is 4.98. The molecule has 1 fully saturated rings. The lowest BCUT2D eigenvalue weighted by molar-refractivity contribution is -0.132. The summed E-state index contributed by atoms with van der Waals surface area (Å²) in [7, 11) is 1.67. The number of piperazine rings is 1. The van der Waals surface area contributed by atoms with Crippen molar-refractivity contribution in [2.75, 3.05) is 38.2 Å². The minimum atomic E-state index is -0.360. The van der Waals surface area contributed by atoms with Crippen molar-refractivity contribution < 1.29 is 14.3 Å². The number of imidazole rings is 1.